The van der Waals surface area contributed by atoms with Crippen LogP contribution in [0.1, 0.15) is 5.56 Å². The van der Waals surface area contributed by atoms with Crippen molar-refractivity contribution in [3.05, 3.63) is 71.2 Å². The van der Waals surface area contributed by atoms with Crippen LogP contribution >= 0.6 is 11.6 Å². The van der Waals surface area contributed by atoms with E-state index >= 15 is 0 Å². The fourth-order valence-electron chi connectivity index (χ4n) is 2.50. The molecular formula is C19H18ClNO. The lowest BCUT2D eigenvalue weighted by Gasteiger charge is -2.12. The van der Waals surface area contributed by atoms with Crippen LogP contribution in [-0.4, -0.2) is 13.2 Å². The van der Waals surface area contributed by atoms with E-state index in [1.165, 1.54) is 10.8 Å². The van der Waals surface area contributed by atoms with E-state index in [4.69, 9.17) is 16.3 Å². The van der Waals surface area contributed by atoms with Crippen LogP contribution < -0.4 is 10.1 Å². The molecule has 22 heavy (non-hydrogen) atoms. The van der Waals surface area contributed by atoms with Crippen LogP contribution in [0.15, 0.2) is 60.7 Å². The van der Waals surface area contributed by atoms with Crippen LogP contribution in [0.3, 0.4) is 0 Å². The zero-order valence-corrected chi connectivity index (χ0v) is 13.2. The van der Waals surface area contributed by atoms with Crippen LogP contribution in [-0.2, 0) is 0 Å². The van der Waals surface area contributed by atoms with Gasteiger partial charge in [0.2, 0.25) is 0 Å². The lowest BCUT2D eigenvalue weighted by atomic mass is 10.1. The molecule has 3 aromatic carbocycles. The summed E-state index contributed by atoms with van der Waals surface area (Å²) in [5, 5.41) is 6.64. The molecule has 0 aromatic heterocycles. The standard InChI is InChI=1S/C19H18ClNO/c1-14-13-16(20)9-10-19(14)22-12-11-21-18-8-4-6-15-5-2-3-7-17(15)18/h2-10,13,21H,11-12H2,1H3. The molecule has 0 heterocycles. The van der Waals surface area contributed by atoms with Gasteiger partial charge in [-0.25, -0.2) is 0 Å². The Morgan fingerprint density at radius 3 is 2.68 bits per heavy atom. The van der Waals surface area contributed by atoms with E-state index in [-0.39, 0.29) is 0 Å². The molecule has 3 rings (SSSR count). The van der Waals surface area contributed by atoms with Crippen LogP contribution in [0.2, 0.25) is 5.02 Å². The third kappa shape index (κ3) is 3.34. The molecule has 0 radical (unpaired) electrons. The summed E-state index contributed by atoms with van der Waals surface area (Å²) in [5.41, 5.74) is 2.19. The van der Waals surface area contributed by atoms with Crippen molar-refractivity contribution in [3.8, 4) is 5.75 Å². The monoisotopic (exact) mass is 311 g/mol. The minimum absolute atomic E-state index is 0.603. The van der Waals surface area contributed by atoms with E-state index in [9.17, 15) is 0 Å². The van der Waals surface area contributed by atoms with Crippen LogP contribution in [0.4, 0.5) is 5.69 Å². The summed E-state index contributed by atoms with van der Waals surface area (Å²) < 4.78 is 5.80. The zero-order chi connectivity index (χ0) is 15.4. The van der Waals surface area contributed by atoms with Gasteiger partial charge in [-0.05, 0) is 42.1 Å². The first kappa shape index (κ1) is 14.7. The number of hydrogen-bond donors (Lipinski definition) is 1. The fourth-order valence-corrected chi connectivity index (χ4v) is 2.73. The van der Waals surface area contributed by atoms with Gasteiger partial charge in [0.15, 0.2) is 0 Å². The minimum Gasteiger partial charge on any atom is -0.491 e. The number of benzene rings is 3. The van der Waals surface area contributed by atoms with Gasteiger partial charge < -0.3 is 10.1 Å². The fraction of sp³-hybridized carbons (Fsp3) is 0.158. The number of nitrogens with one attached hydrogen (secondary N) is 1. The lowest BCUT2D eigenvalue weighted by Crippen LogP contribution is -2.12. The normalized spacial score (nSPS) is 10.6. The molecule has 112 valence electrons. The van der Waals surface area contributed by atoms with Crippen molar-refractivity contribution in [2.24, 2.45) is 0 Å². The molecule has 3 heteroatoms. The summed E-state index contributed by atoms with van der Waals surface area (Å²) in [6.45, 7) is 3.35. The number of hydrogen-bond acceptors (Lipinski definition) is 2. The van der Waals surface area contributed by atoms with Gasteiger partial charge in [0.1, 0.15) is 12.4 Å². The smallest absolute Gasteiger partial charge is 0.122 e. The highest BCUT2D eigenvalue weighted by Gasteiger charge is 2.01. The maximum atomic E-state index is 5.95. The molecule has 0 aliphatic rings. The Morgan fingerprint density at radius 2 is 1.82 bits per heavy atom. The molecule has 0 saturated carbocycles. The molecule has 0 spiro atoms. The number of ether oxygens (including phenoxy) is 1. The molecule has 0 saturated heterocycles. The molecule has 0 atom stereocenters. The summed E-state index contributed by atoms with van der Waals surface area (Å²) in [7, 11) is 0. The quantitative estimate of drug-likeness (QED) is 0.646. The first-order chi connectivity index (χ1) is 10.7. The summed E-state index contributed by atoms with van der Waals surface area (Å²) >= 11 is 5.95. The third-order valence-corrected chi connectivity index (χ3v) is 3.84. The van der Waals surface area contributed by atoms with E-state index in [2.05, 4.69) is 47.8 Å². The van der Waals surface area contributed by atoms with E-state index in [1.54, 1.807) is 0 Å². The molecule has 0 aliphatic carbocycles. The predicted octanol–water partition coefficient (Wildman–Crippen LogP) is 5.29. The van der Waals surface area contributed by atoms with Crippen molar-refractivity contribution in [1.82, 2.24) is 0 Å². The summed E-state index contributed by atoms with van der Waals surface area (Å²) in [6, 6.07) is 20.3. The lowest BCUT2D eigenvalue weighted by molar-refractivity contribution is 0.330. The van der Waals surface area contributed by atoms with Crippen molar-refractivity contribution in [1.29, 1.82) is 0 Å². The van der Waals surface area contributed by atoms with E-state index in [1.807, 2.05) is 25.1 Å². The molecular weight excluding hydrogens is 294 g/mol. The van der Waals surface area contributed by atoms with Gasteiger partial charge in [-0.3, -0.25) is 0 Å². The predicted molar refractivity (Wildman–Crippen MR) is 94.1 cm³/mol. The van der Waals surface area contributed by atoms with Crippen molar-refractivity contribution in [2.45, 2.75) is 6.92 Å². The first-order valence-electron chi connectivity index (χ1n) is 7.34. The van der Waals surface area contributed by atoms with Gasteiger partial charge in [-0.1, -0.05) is 48.0 Å². The van der Waals surface area contributed by atoms with Gasteiger partial charge in [-0.2, -0.15) is 0 Å². The largest absolute Gasteiger partial charge is 0.491 e. The average molecular weight is 312 g/mol. The molecule has 1 N–H and O–H groups in total. The van der Waals surface area contributed by atoms with E-state index < -0.39 is 0 Å². The highest BCUT2D eigenvalue weighted by atomic mass is 35.5. The van der Waals surface area contributed by atoms with E-state index in [0.717, 1.165) is 28.6 Å². The second kappa shape index (κ2) is 6.71. The SMILES string of the molecule is Cc1cc(Cl)ccc1OCCNc1cccc2ccccc12. The topological polar surface area (TPSA) is 21.3 Å². The molecule has 2 nitrogen and oxygen atoms in total. The zero-order valence-electron chi connectivity index (χ0n) is 12.5. The molecule has 0 bridgehead atoms. The van der Waals surface area contributed by atoms with Crippen molar-refractivity contribution < 1.29 is 4.74 Å². The average Bonchev–Trinajstić information content (AvgIpc) is 2.53. The summed E-state index contributed by atoms with van der Waals surface area (Å²) in [6.07, 6.45) is 0. The minimum atomic E-state index is 0.603. The van der Waals surface area contributed by atoms with Gasteiger partial charge in [0.05, 0.1) is 0 Å². The highest BCUT2D eigenvalue weighted by Crippen LogP contribution is 2.23. The first-order valence-corrected chi connectivity index (χ1v) is 7.72. The summed E-state index contributed by atoms with van der Waals surface area (Å²) in [4.78, 5) is 0. The second-order valence-corrected chi connectivity index (χ2v) is 5.65. The van der Waals surface area contributed by atoms with Gasteiger partial charge >= 0.3 is 0 Å². The Hall–Kier alpha value is -2.19. The molecule has 0 aliphatic heterocycles. The second-order valence-electron chi connectivity index (χ2n) is 5.21. The van der Waals surface area contributed by atoms with Crippen molar-refractivity contribution >= 4 is 28.1 Å². The van der Waals surface area contributed by atoms with Crippen LogP contribution in [0, 0.1) is 6.92 Å². The maximum Gasteiger partial charge on any atom is 0.122 e. The number of halogens is 1. The Bertz CT molecular complexity index is 780. The Balaban J connectivity index is 1.61. The molecule has 0 fully saturated rings. The number of rotatable bonds is 5. The number of anilines is 1. The van der Waals surface area contributed by atoms with E-state index in [0.29, 0.717) is 6.61 Å². The summed E-state index contributed by atoms with van der Waals surface area (Å²) in [5.74, 6) is 0.879. The van der Waals surface area contributed by atoms with Crippen molar-refractivity contribution in [3.63, 3.8) is 0 Å². The number of fused-ring (bicyclic) bond motifs is 1. The van der Waals surface area contributed by atoms with Crippen LogP contribution in [0.25, 0.3) is 10.8 Å². The highest BCUT2D eigenvalue weighted by molar-refractivity contribution is 6.30. The Morgan fingerprint density at radius 1 is 1.00 bits per heavy atom. The van der Waals surface area contributed by atoms with Crippen LogP contribution in [0.5, 0.6) is 5.75 Å². The maximum absolute atomic E-state index is 5.95. The number of aryl methyl sites for hydroxylation is 1. The Labute approximate surface area is 135 Å². The van der Waals surface area contributed by atoms with Gasteiger partial charge in [0, 0.05) is 22.6 Å². The Kier molecular flexibility index (Phi) is 4.50. The molecule has 3 aromatic rings. The third-order valence-electron chi connectivity index (χ3n) is 3.60. The molecule has 0 amide bonds. The van der Waals surface area contributed by atoms with Crippen molar-refractivity contribution in [2.75, 3.05) is 18.5 Å². The van der Waals surface area contributed by atoms with Gasteiger partial charge in [0.25, 0.3) is 0 Å². The van der Waals surface area contributed by atoms with Gasteiger partial charge in [-0.15, -0.1) is 0 Å². The molecule has 0 unspecified atom stereocenters.